The third kappa shape index (κ3) is 5.91. The van der Waals surface area contributed by atoms with Crippen LogP contribution < -0.4 is 15.4 Å². The van der Waals surface area contributed by atoms with Crippen LogP contribution in [0.3, 0.4) is 0 Å². The molecule has 1 aliphatic heterocycles. The molecule has 1 amide bonds. The van der Waals surface area contributed by atoms with Gasteiger partial charge in [-0.1, -0.05) is 0 Å². The van der Waals surface area contributed by atoms with Crippen LogP contribution in [0.2, 0.25) is 0 Å². The average Bonchev–Trinajstić information content (AvgIpc) is 2.99. The van der Waals surface area contributed by atoms with E-state index >= 15 is 0 Å². The number of anilines is 1. The molecule has 0 spiro atoms. The summed E-state index contributed by atoms with van der Waals surface area (Å²) in [5, 5.41) is 6.10. The van der Waals surface area contributed by atoms with E-state index in [1.807, 2.05) is 0 Å². The van der Waals surface area contributed by atoms with Crippen molar-refractivity contribution in [3.63, 3.8) is 0 Å². The minimum Gasteiger partial charge on any atom is -0.482 e. The lowest BCUT2D eigenvalue weighted by Crippen LogP contribution is -2.18. The highest BCUT2D eigenvalue weighted by molar-refractivity contribution is 5.90. The van der Waals surface area contributed by atoms with Crippen molar-refractivity contribution in [2.45, 2.75) is 12.8 Å². The fraction of sp³-hybridized carbons (Fsp3) is 0.467. The van der Waals surface area contributed by atoms with Crippen molar-refractivity contribution in [1.82, 2.24) is 5.32 Å². The maximum atomic E-state index is 11.9. The van der Waals surface area contributed by atoms with Crippen molar-refractivity contribution in [2.75, 3.05) is 32.1 Å². The Kier molecular flexibility index (Phi) is 7.70. The van der Waals surface area contributed by atoms with E-state index in [9.17, 15) is 9.59 Å². The van der Waals surface area contributed by atoms with E-state index < -0.39 is 5.97 Å². The molecule has 1 unspecified atom stereocenters. The Balaban J connectivity index is 0.00000242. The highest BCUT2D eigenvalue weighted by Gasteiger charge is 2.17. The molecule has 7 heteroatoms. The quantitative estimate of drug-likeness (QED) is 0.776. The predicted octanol–water partition coefficient (Wildman–Crippen LogP) is 1.60. The van der Waals surface area contributed by atoms with E-state index in [-0.39, 0.29) is 24.9 Å². The van der Waals surface area contributed by atoms with Crippen molar-refractivity contribution in [3.8, 4) is 5.75 Å². The second-order valence-electron chi connectivity index (χ2n) is 5.00. The Morgan fingerprint density at radius 3 is 2.64 bits per heavy atom. The summed E-state index contributed by atoms with van der Waals surface area (Å²) in [4.78, 5) is 22.8. The van der Waals surface area contributed by atoms with Crippen LogP contribution in [-0.2, 0) is 14.3 Å². The fourth-order valence-electron chi connectivity index (χ4n) is 2.20. The molecular weight excluding hydrogens is 308 g/mol. The lowest BCUT2D eigenvalue weighted by atomic mass is 10.0. The largest absolute Gasteiger partial charge is 0.482 e. The molecule has 1 saturated heterocycles. The fourth-order valence-corrected chi connectivity index (χ4v) is 2.20. The first-order valence-corrected chi connectivity index (χ1v) is 6.97. The third-order valence-electron chi connectivity index (χ3n) is 3.36. The number of hydrogen-bond donors (Lipinski definition) is 2. The van der Waals surface area contributed by atoms with Crippen LogP contribution in [0.5, 0.6) is 5.75 Å². The Morgan fingerprint density at radius 2 is 2.05 bits per heavy atom. The van der Waals surface area contributed by atoms with Gasteiger partial charge in [-0.3, -0.25) is 4.79 Å². The van der Waals surface area contributed by atoms with Crippen molar-refractivity contribution in [2.24, 2.45) is 5.92 Å². The monoisotopic (exact) mass is 328 g/mol. The summed E-state index contributed by atoms with van der Waals surface area (Å²) in [6.45, 7) is 1.77. The highest BCUT2D eigenvalue weighted by Crippen LogP contribution is 2.17. The van der Waals surface area contributed by atoms with E-state index in [0.29, 0.717) is 18.1 Å². The third-order valence-corrected chi connectivity index (χ3v) is 3.36. The lowest BCUT2D eigenvalue weighted by Gasteiger charge is -2.10. The average molecular weight is 329 g/mol. The molecule has 6 nitrogen and oxygen atoms in total. The molecule has 1 aromatic carbocycles. The van der Waals surface area contributed by atoms with Gasteiger partial charge in [0.05, 0.1) is 7.11 Å². The normalized spacial score (nSPS) is 16.5. The molecule has 1 aromatic rings. The second-order valence-corrected chi connectivity index (χ2v) is 5.00. The van der Waals surface area contributed by atoms with Crippen LogP contribution >= 0.6 is 12.4 Å². The van der Waals surface area contributed by atoms with Gasteiger partial charge in [-0.15, -0.1) is 12.4 Å². The van der Waals surface area contributed by atoms with Gasteiger partial charge in [-0.2, -0.15) is 0 Å². The standard InChI is InChI=1S/C15H20N2O4.ClH/c1-20-15(19)10-21-13-4-2-12(3-5-13)17-14(18)8-11-6-7-16-9-11;/h2-5,11,16H,6-10H2,1H3,(H,17,18);1H. The number of benzene rings is 1. The van der Waals surface area contributed by atoms with Crippen LogP contribution in [0.4, 0.5) is 5.69 Å². The number of nitrogens with one attached hydrogen (secondary N) is 2. The van der Waals surface area contributed by atoms with Gasteiger partial charge >= 0.3 is 5.97 Å². The summed E-state index contributed by atoms with van der Waals surface area (Å²) in [6, 6.07) is 6.90. The van der Waals surface area contributed by atoms with Crippen molar-refractivity contribution in [1.29, 1.82) is 0 Å². The molecule has 0 radical (unpaired) electrons. The molecular formula is C15H21ClN2O4. The van der Waals surface area contributed by atoms with E-state index in [1.54, 1.807) is 24.3 Å². The number of carbonyl (C=O) groups is 2. The zero-order valence-electron chi connectivity index (χ0n) is 12.5. The summed E-state index contributed by atoms with van der Waals surface area (Å²) >= 11 is 0. The van der Waals surface area contributed by atoms with Crippen LogP contribution in [0.1, 0.15) is 12.8 Å². The second kappa shape index (κ2) is 9.27. The number of ether oxygens (including phenoxy) is 2. The number of amides is 1. The highest BCUT2D eigenvalue weighted by atomic mass is 35.5. The SMILES string of the molecule is COC(=O)COc1ccc(NC(=O)CC2CCNC2)cc1.Cl. The van der Waals surface area contributed by atoms with Crippen LogP contribution in [0.15, 0.2) is 24.3 Å². The minimum absolute atomic E-state index is 0. The van der Waals surface area contributed by atoms with E-state index in [1.165, 1.54) is 7.11 Å². The van der Waals surface area contributed by atoms with Gasteiger partial charge in [0, 0.05) is 12.1 Å². The van der Waals surface area contributed by atoms with Crippen LogP contribution in [-0.4, -0.2) is 38.7 Å². The Hall–Kier alpha value is -1.79. The number of methoxy groups -OCH3 is 1. The van der Waals surface area contributed by atoms with E-state index in [2.05, 4.69) is 15.4 Å². The maximum absolute atomic E-state index is 11.9. The number of carbonyl (C=O) groups excluding carboxylic acids is 2. The molecule has 0 bridgehead atoms. The Labute approximate surface area is 136 Å². The molecule has 0 aromatic heterocycles. The number of hydrogen-bond acceptors (Lipinski definition) is 5. The van der Waals surface area contributed by atoms with Crippen LogP contribution in [0, 0.1) is 5.92 Å². The molecule has 1 aliphatic rings. The summed E-state index contributed by atoms with van der Waals surface area (Å²) in [7, 11) is 1.31. The summed E-state index contributed by atoms with van der Waals surface area (Å²) in [5.74, 6) is 0.565. The molecule has 1 heterocycles. The van der Waals surface area contributed by atoms with E-state index in [4.69, 9.17) is 4.74 Å². The number of rotatable bonds is 6. The van der Waals surface area contributed by atoms with Crippen molar-refractivity contribution >= 4 is 30.0 Å². The minimum atomic E-state index is -0.433. The molecule has 0 aliphatic carbocycles. The zero-order valence-corrected chi connectivity index (χ0v) is 13.3. The van der Waals surface area contributed by atoms with E-state index in [0.717, 1.165) is 25.2 Å². The van der Waals surface area contributed by atoms with Gasteiger partial charge in [0.1, 0.15) is 5.75 Å². The molecule has 2 rings (SSSR count). The Bertz CT molecular complexity index is 487. The molecule has 22 heavy (non-hydrogen) atoms. The summed E-state index contributed by atoms with van der Waals surface area (Å²) < 4.78 is 9.72. The van der Waals surface area contributed by atoms with Gasteiger partial charge in [-0.25, -0.2) is 4.79 Å². The predicted molar refractivity (Wildman–Crippen MR) is 85.4 cm³/mol. The van der Waals surface area contributed by atoms with Gasteiger partial charge in [-0.05, 0) is 49.7 Å². The van der Waals surface area contributed by atoms with Gasteiger partial charge < -0.3 is 20.1 Å². The number of halogens is 1. The van der Waals surface area contributed by atoms with Gasteiger partial charge in [0.25, 0.3) is 0 Å². The zero-order chi connectivity index (χ0) is 15.1. The van der Waals surface area contributed by atoms with Crippen LogP contribution in [0.25, 0.3) is 0 Å². The van der Waals surface area contributed by atoms with Crippen molar-refractivity contribution in [3.05, 3.63) is 24.3 Å². The summed E-state index contributed by atoms with van der Waals surface area (Å²) in [6.07, 6.45) is 1.58. The molecule has 2 N–H and O–H groups in total. The van der Waals surface area contributed by atoms with Crippen molar-refractivity contribution < 1.29 is 19.1 Å². The van der Waals surface area contributed by atoms with Gasteiger partial charge in [0.2, 0.25) is 5.91 Å². The summed E-state index contributed by atoms with van der Waals surface area (Å²) in [5.41, 5.74) is 0.719. The molecule has 0 saturated carbocycles. The van der Waals surface area contributed by atoms with Gasteiger partial charge in [0.15, 0.2) is 6.61 Å². The molecule has 1 atom stereocenters. The first kappa shape index (κ1) is 18.3. The first-order chi connectivity index (χ1) is 10.2. The Morgan fingerprint density at radius 1 is 1.32 bits per heavy atom. The first-order valence-electron chi connectivity index (χ1n) is 6.97. The molecule has 122 valence electrons. The topological polar surface area (TPSA) is 76.7 Å². The lowest BCUT2D eigenvalue weighted by molar-refractivity contribution is -0.142. The maximum Gasteiger partial charge on any atom is 0.343 e. The smallest absolute Gasteiger partial charge is 0.343 e. The molecule has 1 fully saturated rings. The number of esters is 1.